The third-order valence-corrected chi connectivity index (χ3v) is 4.83. The lowest BCUT2D eigenvalue weighted by atomic mass is 9.83. The number of hydrazine groups is 1. The number of aromatic hydroxyl groups is 1. The van der Waals surface area contributed by atoms with Crippen LogP contribution in [-0.4, -0.2) is 11.3 Å². The number of nitrogens with one attached hydrogen (secondary N) is 2. The lowest BCUT2D eigenvalue weighted by molar-refractivity contribution is -0.413. The summed E-state index contributed by atoms with van der Waals surface area (Å²) in [5.41, 5.74) is 12.2. The molecule has 1 aliphatic rings. The van der Waals surface area contributed by atoms with Gasteiger partial charge in [-0.05, 0) is 60.7 Å². The quantitative estimate of drug-likeness (QED) is 0.391. The molecule has 126 valence electrons. The van der Waals surface area contributed by atoms with Gasteiger partial charge in [-0.1, -0.05) is 30.9 Å². The summed E-state index contributed by atoms with van der Waals surface area (Å²) < 4.78 is 0. The van der Waals surface area contributed by atoms with E-state index >= 15 is 0 Å². The van der Waals surface area contributed by atoms with Gasteiger partial charge in [0.25, 0.3) is 0 Å². The van der Waals surface area contributed by atoms with E-state index in [1.54, 1.807) is 6.21 Å². The SMILES string of the molecule is Nc1ccc(N/[NH+]=C/c2cc(C3CCCCC3)cc(Cl)c2O)cc1. The maximum absolute atomic E-state index is 10.2. The van der Waals surface area contributed by atoms with Gasteiger partial charge in [-0.25, -0.2) is 0 Å². The van der Waals surface area contributed by atoms with E-state index in [1.807, 2.05) is 36.4 Å². The fraction of sp³-hybridized carbons (Fsp3) is 0.316. The van der Waals surface area contributed by atoms with E-state index < -0.39 is 0 Å². The molecular formula is C19H23ClN3O+. The largest absolute Gasteiger partial charge is 0.506 e. The van der Waals surface area contributed by atoms with Crippen molar-refractivity contribution < 1.29 is 10.2 Å². The molecule has 0 bridgehead atoms. The first-order valence-corrected chi connectivity index (χ1v) is 8.74. The number of phenolic OH excluding ortho intramolecular Hbond substituents is 1. The molecule has 1 saturated carbocycles. The number of nitrogen functional groups attached to an aromatic ring is 1. The minimum Gasteiger partial charge on any atom is -0.506 e. The second-order valence-electron chi connectivity index (χ2n) is 6.31. The molecule has 0 aromatic heterocycles. The van der Waals surface area contributed by atoms with Gasteiger partial charge in [0.05, 0.1) is 16.3 Å². The summed E-state index contributed by atoms with van der Waals surface area (Å²) in [6.07, 6.45) is 7.95. The topological polar surface area (TPSA) is 72.2 Å². The standard InChI is InChI=1S/C19H22ClN3O/c20-18-11-14(13-4-2-1-3-5-13)10-15(19(18)24)12-22-23-17-8-6-16(21)7-9-17/h6-13,23-24H,1-5,21H2/p+1/b22-12+. The molecule has 4 nitrogen and oxygen atoms in total. The summed E-state index contributed by atoms with van der Waals surface area (Å²) >= 11 is 6.22. The van der Waals surface area contributed by atoms with Gasteiger partial charge in [-0.2, -0.15) is 5.43 Å². The van der Waals surface area contributed by atoms with Gasteiger partial charge in [0.15, 0.2) is 0 Å². The number of nitrogens with two attached hydrogens (primary N) is 1. The maximum Gasteiger partial charge on any atom is 0.202 e. The van der Waals surface area contributed by atoms with Crippen molar-refractivity contribution in [3.05, 3.63) is 52.5 Å². The molecule has 5 heteroatoms. The third-order valence-electron chi connectivity index (χ3n) is 4.55. The van der Waals surface area contributed by atoms with E-state index in [1.165, 1.54) is 37.7 Å². The minimum atomic E-state index is 0.0998. The number of hydrogen-bond acceptors (Lipinski definition) is 3. The van der Waals surface area contributed by atoms with E-state index in [0.717, 1.165) is 5.69 Å². The lowest BCUT2D eigenvalue weighted by Gasteiger charge is -2.22. The molecule has 0 aliphatic heterocycles. The van der Waals surface area contributed by atoms with Crippen LogP contribution in [0.2, 0.25) is 5.02 Å². The molecule has 3 rings (SSSR count). The van der Waals surface area contributed by atoms with Crippen LogP contribution in [0.5, 0.6) is 5.75 Å². The van der Waals surface area contributed by atoms with Gasteiger partial charge in [0.2, 0.25) is 6.21 Å². The molecular weight excluding hydrogens is 322 g/mol. The monoisotopic (exact) mass is 344 g/mol. The number of hydrazone groups is 1. The molecule has 0 atom stereocenters. The van der Waals surface area contributed by atoms with Crippen LogP contribution in [0.15, 0.2) is 36.4 Å². The van der Waals surface area contributed by atoms with Crippen molar-refractivity contribution in [3.8, 4) is 5.75 Å². The molecule has 0 amide bonds. The predicted molar refractivity (Wildman–Crippen MR) is 99.5 cm³/mol. The molecule has 1 fully saturated rings. The van der Waals surface area contributed by atoms with Crippen LogP contribution in [-0.2, 0) is 0 Å². The summed E-state index contributed by atoms with van der Waals surface area (Å²) in [5, 5.41) is 13.6. The summed E-state index contributed by atoms with van der Waals surface area (Å²) in [7, 11) is 0. The number of anilines is 2. The fourth-order valence-corrected chi connectivity index (χ4v) is 3.42. The maximum atomic E-state index is 10.2. The van der Waals surface area contributed by atoms with Crippen molar-refractivity contribution in [1.29, 1.82) is 0 Å². The summed E-state index contributed by atoms with van der Waals surface area (Å²) in [6.45, 7) is 0. The first kappa shape index (κ1) is 16.7. The van der Waals surface area contributed by atoms with E-state index in [9.17, 15) is 5.11 Å². The molecule has 0 spiro atoms. The van der Waals surface area contributed by atoms with Crippen molar-refractivity contribution in [2.45, 2.75) is 38.0 Å². The van der Waals surface area contributed by atoms with Gasteiger partial charge in [0.1, 0.15) is 5.75 Å². The highest BCUT2D eigenvalue weighted by Crippen LogP contribution is 2.37. The highest BCUT2D eigenvalue weighted by atomic mass is 35.5. The molecule has 0 saturated heterocycles. The number of benzene rings is 2. The van der Waals surface area contributed by atoms with Crippen molar-refractivity contribution in [2.75, 3.05) is 11.2 Å². The Bertz CT molecular complexity index is 722. The number of hydrogen-bond donors (Lipinski definition) is 4. The van der Waals surface area contributed by atoms with Crippen LogP contribution < -0.4 is 16.3 Å². The minimum absolute atomic E-state index is 0.0998. The predicted octanol–water partition coefficient (Wildman–Crippen LogP) is 3.20. The second-order valence-corrected chi connectivity index (χ2v) is 6.72. The van der Waals surface area contributed by atoms with Crippen LogP contribution in [0.1, 0.15) is 49.1 Å². The van der Waals surface area contributed by atoms with Gasteiger partial charge >= 0.3 is 0 Å². The normalized spacial score (nSPS) is 15.7. The lowest BCUT2D eigenvalue weighted by Crippen LogP contribution is -2.74. The summed E-state index contributed by atoms with van der Waals surface area (Å²) in [4.78, 5) is 0. The van der Waals surface area contributed by atoms with Crippen molar-refractivity contribution in [2.24, 2.45) is 0 Å². The average Bonchev–Trinajstić information content (AvgIpc) is 2.61. The first-order chi connectivity index (χ1) is 11.6. The zero-order chi connectivity index (χ0) is 16.9. The zero-order valence-electron chi connectivity index (χ0n) is 13.6. The zero-order valence-corrected chi connectivity index (χ0v) is 14.3. The number of phenols is 1. The van der Waals surface area contributed by atoms with Crippen LogP contribution in [0.25, 0.3) is 0 Å². The molecule has 1 aliphatic carbocycles. The smallest absolute Gasteiger partial charge is 0.202 e. The Balaban J connectivity index is 1.77. The Morgan fingerprint density at radius 2 is 1.83 bits per heavy atom. The summed E-state index contributed by atoms with van der Waals surface area (Å²) in [5.74, 6) is 0.636. The molecule has 0 radical (unpaired) electrons. The van der Waals surface area contributed by atoms with Gasteiger partial charge in [-0.15, -0.1) is 5.10 Å². The van der Waals surface area contributed by atoms with Crippen molar-refractivity contribution >= 4 is 29.2 Å². The highest BCUT2D eigenvalue weighted by molar-refractivity contribution is 6.32. The van der Waals surface area contributed by atoms with E-state index in [2.05, 4.69) is 10.5 Å². The fourth-order valence-electron chi connectivity index (χ4n) is 3.19. The van der Waals surface area contributed by atoms with Gasteiger partial charge in [0, 0.05) is 5.69 Å². The Morgan fingerprint density at radius 1 is 1.12 bits per heavy atom. The second kappa shape index (κ2) is 7.58. The number of halogens is 1. The molecule has 0 heterocycles. The molecule has 0 unspecified atom stereocenters. The highest BCUT2D eigenvalue weighted by Gasteiger charge is 2.18. The van der Waals surface area contributed by atoms with Crippen molar-refractivity contribution in [1.82, 2.24) is 0 Å². The Kier molecular flexibility index (Phi) is 5.26. The Labute approximate surface area is 147 Å². The Hall–Kier alpha value is -2.20. The van der Waals surface area contributed by atoms with Crippen LogP contribution in [0.3, 0.4) is 0 Å². The summed E-state index contributed by atoms with van der Waals surface area (Å²) in [6, 6.07) is 11.3. The average molecular weight is 345 g/mol. The molecule has 24 heavy (non-hydrogen) atoms. The van der Waals surface area contributed by atoms with Crippen LogP contribution in [0.4, 0.5) is 11.4 Å². The Morgan fingerprint density at radius 3 is 2.54 bits per heavy atom. The van der Waals surface area contributed by atoms with E-state index in [0.29, 0.717) is 22.2 Å². The van der Waals surface area contributed by atoms with E-state index in [-0.39, 0.29) is 5.75 Å². The first-order valence-electron chi connectivity index (χ1n) is 8.36. The number of rotatable bonds is 4. The molecule has 2 aromatic rings. The van der Waals surface area contributed by atoms with Gasteiger partial charge < -0.3 is 10.8 Å². The van der Waals surface area contributed by atoms with Crippen LogP contribution in [0, 0.1) is 0 Å². The van der Waals surface area contributed by atoms with Crippen LogP contribution >= 0.6 is 11.6 Å². The van der Waals surface area contributed by atoms with E-state index in [4.69, 9.17) is 17.3 Å². The molecule has 5 N–H and O–H groups in total. The van der Waals surface area contributed by atoms with Gasteiger partial charge in [-0.3, -0.25) is 0 Å². The van der Waals surface area contributed by atoms with Crippen molar-refractivity contribution in [3.63, 3.8) is 0 Å². The third kappa shape index (κ3) is 4.01. The molecule has 2 aromatic carbocycles.